The Morgan fingerprint density at radius 3 is 2.67 bits per heavy atom. The lowest BCUT2D eigenvalue weighted by Gasteiger charge is -2.03. The molecule has 0 unspecified atom stereocenters. The van der Waals surface area contributed by atoms with Gasteiger partial charge in [-0.3, -0.25) is 0 Å². The summed E-state index contributed by atoms with van der Waals surface area (Å²) in [4.78, 5) is 0. The summed E-state index contributed by atoms with van der Waals surface area (Å²) in [5.41, 5.74) is 1.83. The zero-order valence-corrected chi connectivity index (χ0v) is 7.53. The van der Waals surface area contributed by atoms with Crippen molar-refractivity contribution < 1.29 is 14.0 Å². The number of hydroxylamine groups is 1. The fraction of sp³-hybridized carbons (Fsp3) is 0.143. The number of hydrogen-bond acceptors (Lipinski definition) is 2. The normalized spacial score (nSPS) is 10.3. The average molecular weight is 238 g/mol. The fourth-order valence-corrected chi connectivity index (χ4v) is 1.30. The van der Waals surface area contributed by atoms with Crippen LogP contribution < -0.4 is 5.48 Å². The van der Waals surface area contributed by atoms with Crippen LogP contribution in [0.5, 0.6) is 0 Å². The summed E-state index contributed by atoms with van der Waals surface area (Å²) in [5.74, 6) is -1.12. The molecule has 0 atom stereocenters. The van der Waals surface area contributed by atoms with Gasteiger partial charge in [0.15, 0.2) is 0 Å². The summed E-state index contributed by atoms with van der Waals surface area (Å²) in [6, 6.07) is 2.04. The zero-order valence-electron chi connectivity index (χ0n) is 5.94. The molecule has 0 amide bonds. The number of rotatable bonds is 2. The lowest BCUT2D eigenvalue weighted by atomic mass is 10.2. The van der Waals surface area contributed by atoms with Crippen molar-refractivity contribution in [3.8, 4) is 0 Å². The van der Waals surface area contributed by atoms with Crippen LogP contribution in [0, 0.1) is 11.6 Å². The minimum Gasteiger partial charge on any atom is -0.316 e. The smallest absolute Gasteiger partial charge is 0.142 e. The third-order valence-electron chi connectivity index (χ3n) is 1.34. The van der Waals surface area contributed by atoms with Gasteiger partial charge >= 0.3 is 0 Å². The third kappa shape index (κ3) is 2.00. The van der Waals surface area contributed by atoms with E-state index in [4.69, 9.17) is 5.21 Å². The number of benzene rings is 1. The molecule has 0 saturated heterocycles. The van der Waals surface area contributed by atoms with Crippen LogP contribution >= 0.6 is 15.9 Å². The molecular formula is C7H6BrF2NO. The van der Waals surface area contributed by atoms with E-state index in [-0.39, 0.29) is 16.6 Å². The highest BCUT2D eigenvalue weighted by Gasteiger charge is 2.07. The predicted molar refractivity (Wildman–Crippen MR) is 42.7 cm³/mol. The van der Waals surface area contributed by atoms with Crippen LogP contribution in [0.25, 0.3) is 0 Å². The van der Waals surface area contributed by atoms with Gasteiger partial charge in [-0.15, -0.1) is 0 Å². The van der Waals surface area contributed by atoms with E-state index in [2.05, 4.69) is 15.9 Å². The van der Waals surface area contributed by atoms with Gasteiger partial charge in [0.1, 0.15) is 11.6 Å². The van der Waals surface area contributed by atoms with Gasteiger partial charge in [-0.1, -0.05) is 0 Å². The van der Waals surface area contributed by atoms with Crippen LogP contribution in [-0.2, 0) is 6.54 Å². The minimum atomic E-state index is -0.571. The Bertz CT molecular complexity index is 293. The van der Waals surface area contributed by atoms with E-state index in [1.54, 1.807) is 5.48 Å². The van der Waals surface area contributed by atoms with Crippen molar-refractivity contribution in [3.05, 3.63) is 33.8 Å². The molecule has 5 heteroatoms. The maximum atomic E-state index is 13.0. The first-order valence-corrected chi connectivity index (χ1v) is 3.95. The van der Waals surface area contributed by atoms with Crippen molar-refractivity contribution >= 4 is 15.9 Å². The number of nitrogens with one attached hydrogen (secondary N) is 1. The molecule has 1 aromatic carbocycles. The molecule has 0 aliphatic heterocycles. The molecule has 0 heterocycles. The van der Waals surface area contributed by atoms with E-state index in [0.29, 0.717) is 0 Å². The molecule has 0 radical (unpaired) electrons. The summed E-state index contributed by atoms with van der Waals surface area (Å²) in [7, 11) is 0. The first-order valence-electron chi connectivity index (χ1n) is 3.15. The molecule has 0 aliphatic carbocycles. The largest absolute Gasteiger partial charge is 0.316 e. The monoisotopic (exact) mass is 237 g/mol. The van der Waals surface area contributed by atoms with Crippen molar-refractivity contribution in [1.29, 1.82) is 0 Å². The molecule has 0 spiro atoms. The summed E-state index contributed by atoms with van der Waals surface area (Å²) in [6.45, 7) is -0.123. The Kier molecular flexibility index (Phi) is 3.13. The summed E-state index contributed by atoms with van der Waals surface area (Å²) in [5, 5.41) is 8.27. The van der Waals surface area contributed by atoms with Crippen LogP contribution in [0.1, 0.15) is 5.56 Å². The van der Waals surface area contributed by atoms with Gasteiger partial charge in [0.05, 0.1) is 4.47 Å². The van der Waals surface area contributed by atoms with Gasteiger partial charge < -0.3 is 5.21 Å². The Hall–Kier alpha value is -0.520. The molecule has 66 valence electrons. The van der Waals surface area contributed by atoms with Crippen molar-refractivity contribution in [3.63, 3.8) is 0 Å². The second kappa shape index (κ2) is 3.93. The van der Waals surface area contributed by atoms with E-state index in [1.807, 2.05) is 0 Å². The molecule has 0 saturated carbocycles. The van der Waals surface area contributed by atoms with Gasteiger partial charge in [-0.2, -0.15) is 0 Å². The standard InChI is InChI=1S/C7H6BrF2NO/c8-6-2-5(9)1-4(3-11-12)7(6)10/h1-2,11-12H,3H2. The van der Waals surface area contributed by atoms with E-state index >= 15 is 0 Å². The fourth-order valence-electron chi connectivity index (χ4n) is 0.823. The van der Waals surface area contributed by atoms with Crippen LogP contribution in [0.3, 0.4) is 0 Å². The highest BCUT2D eigenvalue weighted by molar-refractivity contribution is 9.10. The highest BCUT2D eigenvalue weighted by atomic mass is 79.9. The SMILES string of the molecule is ONCc1cc(F)cc(Br)c1F. The van der Waals surface area contributed by atoms with Crippen molar-refractivity contribution in [2.24, 2.45) is 0 Å². The number of hydrogen-bond donors (Lipinski definition) is 2. The number of halogens is 3. The van der Waals surface area contributed by atoms with Gasteiger partial charge in [-0.25, -0.2) is 14.3 Å². The van der Waals surface area contributed by atoms with Crippen LogP contribution in [-0.4, -0.2) is 5.21 Å². The summed E-state index contributed by atoms with van der Waals surface area (Å²) < 4.78 is 25.7. The summed E-state index contributed by atoms with van der Waals surface area (Å²) >= 11 is 2.84. The van der Waals surface area contributed by atoms with Crippen LogP contribution in [0.15, 0.2) is 16.6 Å². The maximum Gasteiger partial charge on any atom is 0.142 e. The van der Waals surface area contributed by atoms with Gasteiger partial charge in [-0.05, 0) is 28.1 Å². The lowest BCUT2D eigenvalue weighted by molar-refractivity contribution is 0.160. The second-order valence-electron chi connectivity index (χ2n) is 2.20. The topological polar surface area (TPSA) is 32.3 Å². The molecule has 1 aromatic rings. The van der Waals surface area contributed by atoms with E-state index in [9.17, 15) is 8.78 Å². The first-order chi connectivity index (χ1) is 5.65. The molecule has 1 rings (SSSR count). The van der Waals surface area contributed by atoms with E-state index in [0.717, 1.165) is 12.1 Å². The molecule has 2 N–H and O–H groups in total. The van der Waals surface area contributed by atoms with Gasteiger partial charge in [0.2, 0.25) is 0 Å². The molecule has 0 aromatic heterocycles. The van der Waals surface area contributed by atoms with Gasteiger partial charge in [0.25, 0.3) is 0 Å². The predicted octanol–water partition coefficient (Wildman–Crippen LogP) is 2.21. The van der Waals surface area contributed by atoms with Crippen LogP contribution in [0.2, 0.25) is 0 Å². The summed E-state index contributed by atoms with van der Waals surface area (Å²) in [6.07, 6.45) is 0. The average Bonchev–Trinajstić information content (AvgIpc) is 2.00. The Labute approximate surface area is 76.3 Å². The Balaban J connectivity index is 3.09. The Morgan fingerprint density at radius 1 is 1.42 bits per heavy atom. The molecule has 0 aliphatic rings. The third-order valence-corrected chi connectivity index (χ3v) is 1.91. The van der Waals surface area contributed by atoms with Crippen molar-refractivity contribution in [2.45, 2.75) is 6.54 Å². The van der Waals surface area contributed by atoms with Crippen molar-refractivity contribution in [1.82, 2.24) is 5.48 Å². The van der Waals surface area contributed by atoms with E-state index in [1.165, 1.54) is 0 Å². The zero-order chi connectivity index (χ0) is 9.14. The van der Waals surface area contributed by atoms with Gasteiger partial charge in [0, 0.05) is 12.1 Å². The minimum absolute atomic E-state index is 0.0488. The molecule has 2 nitrogen and oxygen atoms in total. The molecule has 0 fully saturated rings. The molecular weight excluding hydrogens is 232 g/mol. The van der Waals surface area contributed by atoms with Crippen molar-refractivity contribution in [2.75, 3.05) is 0 Å². The first kappa shape index (κ1) is 9.57. The molecule has 12 heavy (non-hydrogen) atoms. The van der Waals surface area contributed by atoms with Crippen LogP contribution in [0.4, 0.5) is 8.78 Å². The maximum absolute atomic E-state index is 13.0. The lowest BCUT2D eigenvalue weighted by Crippen LogP contribution is -2.08. The Morgan fingerprint density at radius 2 is 2.08 bits per heavy atom. The highest BCUT2D eigenvalue weighted by Crippen LogP contribution is 2.20. The second-order valence-corrected chi connectivity index (χ2v) is 3.05. The van der Waals surface area contributed by atoms with E-state index < -0.39 is 11.6 Å². The molecule has 0 bridgehead atoms. The quantitative estimate of drug-likeness (QED) is 0.611.